The van der Waals surface area contributed by atoms with E-state index in [9.17, 15) is 4.79 Å². The Morgan fingerprint density at radius 3 is 2.79 bits per heavy atom. The molecule has 2 fully saturated rings. The van der Waals surface area contributed by atoms with Crippen LogP contribution in [0.15, 0.2) is 30.3 Å². The van der Waals surface area contributed by atoms with Crippen LogP contribution in [0.1, 0.15) is 38.7 Å². The van der Waals surface area contributed by atoms with Gasteiger partial charge in [0.1, 0.15) is 5.60 Å². The second-order valence-corrected chi connectivity index (χ2v) is 7.69. The first-order valence-electron chi connectivity index (χ1n) is 8.80. The van der Waals surface area contributed by atoms with Gasteiger partial charge in [-0.15, -0.1) is 0 Å². The number of rotatable bonds is 4. The molecule has 1 aliphatic carbocycles. The summed E-state index contributed by atoms with van der Waals surface area (Å²) in [4.78, 5) is 13.9. The molecule has 0 bridgehead atoms. The molecule has 2 aliphatic rings. The fourth-order valence-electron chi connectivity index (χ4n) is 3.11. The summed E-state index contributed by atoms with van der Waals surface area (Å²) in [7, 11) is 0. The van der Waals surface area contributed by atoms with Crippen molar-refractivity contribution in [1.82, 2.24) is 10.2 Å². The van der Waals surface area contributed by atoms with Crippen LogP contribution in [-0.2, 0) is 9.47 Å². The van der Waals surface area contributed by atoms with Gasteiger partial charge in [-0.05, 0) is 32.8 Å². The second-order valence-electron chi connectivity index (χ2n) is 7.69. The van der Waals surface area contributed by atoms with E-state index in [-0.39, 0.29) is 12.2 Å². The second kappa shape index (κ2) is 7.11. The quantitative estimate of drug-likeness (QED) is 0.921. The smallest absolute Gasteiger partial charge is 0.410 e. The number of nitrogens with zero attached hydrogens (tertiary/aromatic N) is 1. The molecule has 0 spiro atoms. The van der Waals surface area contributed by atoms with E-state index in [1.807, 2.05) is 20.8 Å². The van der Waals surface area contributed by atoms with Crippen molar-refractivity contribution in [2.24, 2.45) is 0 Å². The van der Waals surface area contributed by atoms with Gasteiger partial charge < -0.3 is 19.7 Å². The lowest BCUT2D eigenvalue weighted by Crippen LogP contribution is -2.50. The Hall–Kier alpha value is -1.59. The molecule has 2 unspecified atom stereocenters. The van der Waals surface area contributed by atoms with E-state index in [0.29, 0.717) is 31.7 Å². The molecular formula is C19H28N2O3. The summed E-state index contributed by atoms with van der Waals surface area (Å²) in [5.41, 5.74) is 0.940. The van der Waals surface area contributed by atoms with Gasteiger partial charge in [0.05, 0.1) is 19.3 Å². The topological polar surface area (TPSA) is 50.8 Å². The van der Waals surface area contributed by atoms with Crippen LogP contribution in [0, 0.1) is 0 Å². The summed E-state index contributed by atoms with van der Waals surface area (Å²) in [5.74, 6) is 0.608. The predicted molar refractivity (Wildman–Crippen MR) is 93.1 cm³/mol. The zero-order chi connectivity index (χ0) is 17.2. The van der Waals surface area contributed by atoms with E-state index in [1.54, 1.807) is 4.90 Å². The van der Waals surface area contributed by atoms with Crippen molar-refractivity contribution in [3.8, 4) is 0 Å². The van der Waals surface area contributed by atoms with Gasteiger partial charge in [-0.2, -0.15) is 0 Å². The Morgan fingerprint density at radius 1 is 1.33 bits per heavy atom. The van der Waals surface area contributed by atoms with Crippen LogP contribution in [0.4, 0.5) is 4.79 Å². The molecule has 3 rings (SSSR count). The number of amides is 1. The van der Waals surface area contributed by atoms with E-state index in [4.69, 9.17) is 9.47 Å². The average molecular weight is 332 g/mol. The van der Waals surface area contributed by atoms with Gasteiger partial charge in [0.25, 0.3) is 0 Å². The summed E-state index contributed by atoms with van der Waals surface area (Å²) >= 11 is 0. The van der Waals surface area contributed by atoms with E-state index in [1.165, 1.54) is 12.0 Å². The zero-order valence-corrected chi connectivity index (χ0v) is 14.8. The molecule has 1 heterocycles. The predicted octanol–water partition coefficient (Wildman–Crippen LogP) is 2.77. The first-order chi connectivity index (χ1) is 11.4. The Morgan fingerprint density at radius 2 is 2.08 bits per heavy atom. The number of nitrogens with one attached hydrogen (secondary N) is 1. The molecule has 24 heavy (non-hydrogen) atoms. The molecule has 1 aliphatic heterocycles. The molecule has 0 radical (unpaired) electrons. The fourth-order valence-corrected chi connectivity index (χ4v) is 3.11. The van der Waals surface area contributed by atoms with E-state index in [2.05, 4.69) is 35.6 Å². The van der Waals surface area contributed by atoms with Crippen LogP contribution in [0.25, 0.3) is 0 Å². The van der Waals surface area contributed by atoms with Crippen LogP contribution in [0.3, 0.4) is 0 Å². The summed E-state index contributed by atoms with van der Waals surface area (Å²) in [6.07, 6.45) is 0.958. The number of ether oxygens (including phenoxy) is 2. The molecule has 1 amide bonds. The number of hydrogen-bond donors (Lipinski definition) is 1. The molecule has 5 heteroatoms. The number of carbonyl (C=O) groups is 1. The van der Waals surface area contributed by atoms with Gasteiger partial charge in [0.15, 0.2) is 0 Å². The lowest BCUT2D eigenvalue weighted by atomic mass is 10.1. The molecule has 1 aromatic carbocycles. The molecule has 1 saturated carbocycles. The summed E-state index contributed by atoms with van der Waals surface area (Å²) in [6, 6.07) is 11.1. The average Bonchev–Trinajstić information content (AvgIpc) is 3.32. The van der Waals surface area contributed by atoms with Crippen LogP contribution < -0.4 is 5.32 Å². The van der Waals surface area contributed by atoms with Crippen molar-refractivity contribution >= 4 is 6.09 Å². The zero-order valence-electron chi connectivity index (χ0n) is 14.8. The molecule has 1 N–H and O–H groups in total. The standard InChI is InChI=1S/C19H28N2O3/c1-19(2,3)24-18(22)21-9-10-23-15(13-21)12-20-17-11-16(17)14-7-5-4-6-8-14/h4-8,15-17,20H,9-13H2,1-3H3/t15?,16?,17-/m0/s1. The maximum absolute atomic E-state index is 12.2. The van der Waals surface area contributed by atoms with Gasteiger partial charge in [0.2, 0.25) is 0 Å². The highest BCUT2D eigenvalue weighted by Gasteiger charge is 2.38. The Bertz CT molecular complexity index is 555. The van der Waals surface area contributed by atoms with Crippen molar-refractivity contribution in [3.63, 3.8) is 0 Å². The van der Waals surface area contributed by atoms with Crippen molar-refractivity contribution in [2.75, 3.05) is 26.2 Å². The molecule has 0 aromatic heterocycles. The van der Waals surface area contributed by atoms with Crippen LogP contribution in [-0.4, -0.2) is 55.0 Å². The Balaban J connectivity index is 1.43. The Labute approximate surface area is 144 Å². The number of hydrogen-bond acceptors (Lipinski definition) is 4. The molecule has 1 aromatic rings. The molecular weight excluding hydrogens is 304 g/mol. The van der Waals surface area contributed by atoms with Gasteiger partial charge in [-0.25, -0.2) is 4.79 Å². The maximum Gasteiger partial charge on any atom is 0.410 e. The third kappa shape index (κ3) is 4.71. The normalized spacial score (nSPS) is 27.0. The highest BCUT2D eigenvalue weighted by Crippen LogP contribution is 2.40. The van der Waals surface area contributed by atoms with Gasteiger partial charge in [0, 0.05) is 25.0 Å². The SMILES string of the molecule is CC(C)(C)OC(=O)N1CCOC(CN[C@H]2CC2c2ccccc2)C1. The first kappa shape index (κ1) is 17.2. The summed E-state index contributed by atoms with van der Waals surface area (Å²) < 4.78 is 11.2. The highest BCUT2D eigenvalue weighted by atomic mass is 16.6. The molecule has 3 atom stereocenters. The molecule has 1 saturated heterocycles. The number of benzene rings is 1. The lowest BCUT2D eigenvalue weighted by Gasteiger charge is -2.34. The lowest BCUT2D eigenvalue weighted by molar-refractivity contribution is -0.0411. The summed E-state index contributed by atoms with van der Waals surface area (Å²) in [5, 5.41) is 3.58. The third-order valence-electron chi connectivity index (χ3n) is 4.42. The van der Waals surface area contributed by atoms with Gasteiger partial charge in [-0.3, -0.25) is 0 Å². The summed E-state index contributed by atoms with van der Waals surface area (Å²) in [6.45, 7) is 8.20. The maximum atomic E-state index is 12.2. The minimum Gasteiger partial charge on any atom is -0.444 e. The van der Waals surface area contributed by atoms with Crippen molar-refractivity contribution < 1.29 is 14.3 Å². The van der Waals surface area contributed by atoms with Crippen LogP contribution in [0.5, 0.6) is 0 Å². The minimum absolute atomic E-state index is 0.0308. The van der Waals surface area contributed by atoms with E-state index >= 15 is 0 Å². The van der Waals surface area contributed by atoms with Crippen LogP contribution >= 0.6 is 0 Å². The third-order valence-corrected chi connectivity index (χ3v) is 4.42. The number of carbonyl (C=O) groups excluding carboxylic acids is 1. The van der Waals surface area contributed by atoms with Crippen molar-refractivity contribution in [2.45, 2.75) is 50.9 Å². The fraction of sp³-hybridized carbons (Fsp3) is 0.632. The number of morpholine rings is 1. The Kier molecular flexibility index (Phi) is 5.11. The monoisotopic (exact) mass is 332 g/mol. The molecule has 5 nitrogen and oxygen atoms in total. The van der Waals surface area contributed by atoms with Gasteiger partial charge >= 0.3 is 6.09 Å². The highest BCUT2D eigenvalue weighted by molar-refractivity contribution is 5.68. The van der Waals surface area contributed by atoms with Crippen molar-refractivity contribution in [3.05, 3.63) is 35.9 Å². The van der Waals surface area contributed by atoms with Gasteiger partial charge in [-0.1, -0.05) is 30.3 Å². The van der Waals surface area contributed by atoms with Crippen LogP contribution in [0.2, 0.25) is 0 Å². The minimum atomic E-state index is -0.458. The molecule has 132 valence electrons. The first-order valence-corrected chi connectivity index (χ1v) is 8.80. The largest absolute Gasteiger partial charge is 0.444 e. The van der Waals surface area contributed by atoms with Crippen molar-refractivity contribution in [1.29, 1.82) is 0 Å². The van der Waals surface area contributed by atoms with E-state index < -0.39 is 5.60 Å². The van der Waals surface area contributed by atoms with E-state index in [0.717, 1.165) is 6.54 Å².